The van der Waals surface area contributed by atoms with E-state index in [9.17, 15) is 9.59 Å². The Morgan fingerprint density at radius 2 is 1.91 bits per heavy atom. The van der Waals surface area contributed by atoms with Gasteiger partial charge < -0.3 is 0 Å². The maximum atomic E-state index is 12.7. The van der Waals surface area contributed by atoms with Crippen LogP contribution in [0.25, 0.3) is 10.2 Å². The average molecular weight is 346 g/mol. The Balaban J connectivity index is 1.70. The van der Waals surface area contributed by atoms with Crippen LogP contribution in [0.1, 0.15) is 32.6 Å². The van der Waals surface area contributed by atoms with Gasteiger partial charge in [-0.05, 0) is 36.8 Å². The zero-order valence-corrected chi connectivity index (χ0v) is 14.6. The van der Waals surface area contributed by atoms with Crippen LogP contribution in [0.5, 0.6) is 0 Å². The maximum Gasteiger partial charge on any atom is 0.237 e. The van der Waals surface area contributed by atoms with E-state index in [1.807, 2.05) is 18.2 Å². The van der Waals surface area contributed by atoms with Crippen LogP contribution in [-0.4, -0.2) is 22.6 Å². The molecule has 23 heavy (non-hydrogen) atoms. The molecule has 6 heteroatoms. The molecule has 2 aromatic rings. The van der Waals surface area contributed by atoms with E-state index in [-0.39, 0.29) is 23.7 Å². The first-order valence-corrected chi connectivity index (χ1v) is 9.90. The van der Waals surface area contributed by atoms with Crippen LogP contribution >= 0.6 is 23.1 Å². The summed E-state index contributed by atoms with van der Waals surface area (Å²) < 4.78 is 2.07. The number of thiazole rings is 1. The highest BCUT2D eigenvalue weighted by molar-refractivity contribution is 8.01. The predicted octanol–water partition coefficient (Wildman–Crippen LogP) is 4.09. The fourth-order valence-electron chi connectivity index (χ4n) is 3.63. The van der Waals surface area contributed by atoms with Gasteiger partial charge in [-0.15, -0.1) is 11.3 Å². The fourth-order valence-corrected chi connectivity index (χ4v) is 5.63. The number of rotatable bonds is 3. The quantitative estimate of drug-likeness (QED) is 0.620. The molecule has 2 heterocycles. The van der Waals surface area contributed by atoms with Crippen molar-refractivity contribution in [1.29, 1.82) is 0 Å². The molecule has 1 aliphatic carbocycles. The molecule has 1 saturated carbocycles. The normalized spacial score (nSPS) is 24.5. The Labute approximate surface area is 143 Å². The van der Waals surface area contributed by atoms with E-state index in [0.29, 0.717) is 5.69 Å². The van der Waals surface area contributed by atoms with Crippen molar-refractivity contribution >= 4 is 50.8 Å². The van der Waals surface area contributed by atoms with Gasteiger partial charge in [0.15, 0.2) is 4.34 Å². The van der Waals surface area contributed by atoms with E-state index in [0.717, 1.165) is 46.0 Å². The molecule has 2 aliphatic rings. The van der Waals surface area contributed by atoms with Crippen molar-refractivity contribution in [2.45, 2.75) is 36.9 Å². The molecule has 4 nitrogen and oxygen atoms in total. The van der Waals surface area contributed by atoms with Crippen LogP contribution in [0.3, 0.4) is 0 Å². The number of carbonyl (C=O) groups is 2. The molecular formula is C17H18N2O2S2. The minimum absolute atomic E-state index is 0.00766. The number of fused-ring (bicyclic) bond motifs is 2. The SMILES string of the molecule is CCSc1nc2ccc(N3C(=O)[C@H]4CCCC[C@@H]4C3=O)cc2s1. The van der Waals surface area contributed by atoms with Gasteiger partial charge in [0.25, 0.3) is 0 Å². The molecule has 0 N–H and O–H groups in total. The summed E-state index contributed by atoms with van der Waals surface area (Å²) in [5, 5.41) is 0. The lowest BCUT2D eigenvalue weighted by molar-refractivity contribution is -0.122. The van der Waals surface area contributed by atoms with Crippen LogP contribution in [0.4, 0.5) is 5.69 Å². The number of nitrogens with zero attached hydrogens (tertiary/aromatic N) is 2. The van der Waals surface area contributed by atoms with E-state index < -0.39 is 0 Å². The van der Waals surface area contributed by atoms with Crippen molar-refractivity contribution in [1.82, 2.24) is 4.98 Å². The van der Waals surface area contributed by atoms with Crippen LogP contribution < -0.4 is 4.90 Å². The Hall–Kier alpha value is -1.40. The molecular weight excluding hydrogens is 328 g/mol. The van der Waals surface area contributed by atoms with Crippen molar-refractivity contribution in [3.05, 3.63) is 18.2 Å². The van der Waals surface area contributed by atoms with Gasteiger partial charge in [-0.3, -0.25) is 14.5 Å². The van der Waals surface area contributed by atoms with Crippen molar-refractivity contribution in [2.75, 3.05) is 10.7 Å². The zero-order chi connectivity index (χ0) is 16.0. The molecule has 120 valence electrons. The third-order valence-corrected chi connectivity index (χ3v) is 6.76. The molecule has 0 radical (unpaired) electrons. The summed E-state index contributed by atoms with van der Waals surface area (Å²) >= 11 is 3.34. The van der Waals surface area contributed by atoms with Crippen LogP contribution in [0.2, 0.25) is 0 Å². The predicted molar refractivity (Wildman–Crippen MR) is 94.0 cm³/mol. The third-order valence-electron chi connectivity index (χ3n) is 4.72. The lowest BCUT2D eigenvalue weighted by Gasteiger charge is -2.19. The van der Waals surface area contributed by atoms with E-state index in [4.69, 9.17) is 0 Å². The molecule has 0 bridgehead atoms. The van der Waals surface area contributed by atoms with E-state index >= 15 is 0 Å². The monoisotopic (exact) mass is 346 g/mol. The Morgan fingerprint density at radius 1 is 1.22 bits per heavy atom. The zero-order valence-electron chi connectivity index (χ0n) is 12.9. The molecule has 0 spiro atoms. The standard InChI is InChI=1S/C17H18N2O2S2/c1-2-22-17-18-13-8-7-10(9-14(13)23-17)19-15(20)11-5-3-4-6-12(11)16(19)21/h7-9,11-12H,2-6H2,1H3/t11-,12-/m0/s1. The summed E-state index contributed by atoms with van der Waals surface area (Å²) in [7, 11) is 0. The minimum atomic E-state index is -0.0976. The number of thioether (sulfide) groups is 1. The van der Waals surface area contributed by atoms with Gasteiger partial charge in [0.05, 0.1) is 27.7 Å². The molecule has 1 aliphatic heterocycles. The maximum absolute atomic E-state index is 12.7. The van der Waals surface area contributed by atoms with Crippen molar-refractivity contribution in [2.24, 2.45) is 11.8 Å². The number of hydrogen-bond donors (Lipinski definition) is 0. The molecule has 1 aromatic carbocycles. The summed E-state index contributed by atoms with van der Waals surface area (Å²) in [6.07, 6.45) is 3.82. The van der Waals surface area contributed by atoms with Gasteiger partial charge in [-0.2, -0.15) is 0 Å². The molecule has 0 unspecified atom stereocenters. The van der Waals surface area contributed by atoms with Crippen LogP contribution in [-0.2, 0) is 9.59 Å². The fraction of sp³-hybridized carbons (Fsp3) is 0.471. The number of aromatic nitrogens is 1. The second-order valence-electron chi connectivity index (χ2n) is 6.07. The summed E-state index contributed by atoms with van der Waals surface area (Å²) in [6.45, 7) is 2.10. The Kier molecular flexibility index (Phi) is 3.89. The topological polar surface area (TPSA) is 50.3 Å². The van der Waals surface area contributed by atoms with Gasteiger partial charge in [0.2, 0.25) is 11.8 Å². The number of imide groups is 1. The van der Waals surface area contributed by atoms with Gasteiger partial charge in [0.1, 0.15) is 0 Å². The van der Waals surface area contributed by atoms with E-state index in [1.165, 1.54) is 4.90 Å². The number of hydrogen-bond acceptors (Lipinski definition) is 5. The molecule has 2 amide bonds. The highest BCUT2D eigenvalue weighted by atomic mass is 32.2. The molecule has 1 aromatic heterocycles. The molecule has 4 rings (SSSR count). The number of anilines is 1. The van der Waals surface area contributed by atoms with E-state index in [2.05, 4.69) is 11.9 Å². The molecule has 2 atom stereocenters. The Bertz CT molecular complexity index is 762. The summed E-state index contributed by atoms with van der Waals surface area (Å²) in [4.78, 5) is 31.4. The highest BCUT2D eigenvalue weighted by Crippen LogP contribution is 2.41. The minimum Gasteiger partial charge on any atom is -0.274 e. The first kappa shape index (κ1) is 15.1. The number of carbonyl (C=O) groups excluding carboxylic acids is 2. The van der Waals surface area contributed by atoms with Crippen molar-refractivity contribution in [3.8, 4) is 0 Å². The largest absolute Gasteiger partial charge is 0.274 e. The lowest BCUT2D eigenvalue weighted by Crippen LogP contribution is -2.30. The Morgan fingerprint density at radius 3 is 2.57 bits per heavy atom. The summed E-state index contributed by atoms with van der Waals surface area (Å²) in [6, 6.07) is 5.72. The van der Waals surface area contributed by atoms with Crippen molar-refractivity contribution < 1.29 is 9.59 Å². The van der Waals surface area contributed by atoms with E-state index in [1.54, 1.807) is 23.1 Å². The van der Waals surface area contributed by atoms with Gasteiger partial charge in [0, 0.05) is 0 Å². The third kappa shape index (κ3) is 2.48. The first-order chi connectivity index (χ1) is 11.2. The second kappa shape index (κ2) is 5.91. The summed E-state index contributed by atoms with van der Waals surface area (Å²) in [5.41, 5.74) is 1.64. The second-order valence-corrected chi connectivity index (χ2v) is 8.62. The molecule has 1 saturated heterocycles. The van der Waals surface area contributed by atoms with Gasteiger partial charge >= 0.3 is 0 Å². The molecule has 2 fully saturated rings. The lowest BCUT2D eigenvalue weighted by atomic mass is 9.81. The highest BCUT2D eigenvalue weighted by Gasteiger charge is 2.48. The van der Waals surface area contributed by atoms with Gasteiger partial charge in [-0.1, -0.05) is 31.5 Å². The van der Waals surface area contributed by atoms with Crippen molar-refractivity contribution in [3.63, 3.8) is 0 Å². The first-order valence-electron chi connectivity index (χ1n) is 8.10. The number of benzene rings is 1. The smallest absolute Gasteiger partial charge is 0.237 e. The summed E-state index contributed by atoms with van der Waals surface area (Å²) in [5.74, 6) is 0.775. The van der Waals surface area contributed by atoms with Crippen LogP contribution in [0.15, 0.2) is 22.5 Å². The van der Waals surface area contributed by atoms with Crippen LogP contribution in [0, 0.1) is 11.8 Å². The average Bonchev–Trinajstić information content (AvgIpc) is 3.07. The number of amides is 2. The van der Waals surface area contributed by atoms with Gasteiger partial charge in [-0.25, -0.2) is 4.98 Å².